The van der Waals surface area contributed by atoms with Gasteiger partial charge in [-0.2, -0.15) is 0 Å². The van der Waals surface area contributed by atoms with E-state index in [1.54, 1.807) is 0 Å². The lowest BCUT2D eigenvalue weighted by atomic mass is 10.0. The summed E-state index contributed by atoms with van der Waals surface area (Å²) in [6, 6.07) is 13.1. The molecule has 1 aliphatic heterocycles. The predicted molar refractivity (Wildman–Crippen MR) is 99.3 cm³/mol. The molecule has 2 nitrogen and oxygen atoms in total. The number of pyridine rings is 1. The highest BCUT2D eigenvalue weighted by atomic mass is 28.4. The number of hydrogen-bond donors (Lipinski definition) is 0. The zero-order valence-corrected chi connectivity index (χ0v) is 15.8. The molecule has 0 radical (unpaired) electrons. The fourth-order valence-corrected chi connectivity index (χ4v) is 14.1. The third-order valence-electron chi connectivity index (χ3n) is 4.90. The third kappa shape index (κ3) is 1.84. The lowest BCUT2D eigenvalue weighted by Crippen LogP contribution is -2.44. The second-order valence-electron chi connectivity index (χ2n) is 7.29. The van der Waals surface area contributed by atoms with E-state index in [0.717, 1.165) is 11.0 Å². The van der Waals surface area contributed by atoms with Gasteiger partial charge in [-0.05, 0) is 61.2 Å². The largest absolute Gasteiger partial charge is 0.449 e. The zero-order chi connectivity index (χ0) is 15.7. The highest BCUT2D eigenvalue weighted by molar-refractivity contribution is 7.06. The molecule has 0 fully saturated rings. The first-order valence-corrected chi connectivity index (χ1v) is 13.7. The van der Waals surface area contributed by atoms with Gasteiger partial charge in [0.25, 0.3) is 0 Å². The molecule has 3 aromatic rings. The molecule has 0 bridgehead atoms. The van der Waals surface area contributed by atoms with Gasteiger partial charge >= 0.3 is 0 Å². The lowest BCUT2D eigenvalue weighted by molar-refractivity contribution is 0.583. The number of benzene rings is 2. The molecule has 0 spiro atoms. The topological polar surface area (TPSA) is 22.1 Å². The van der Waals surface area contributed by atoms with Crippen LogP contribution in [0.4, 0.5) is 0 Å². The molecule has 22 heavy (non-hydrogen) atoms. The molecule has 0 saturated heterocycles. The van der Waals surface area contributed by atoms with Crippen molar-refractivity contribution in [2.45, 2.75) is 33.1 Å². The minimum absolute atomic E-state index is 1.09. The van der Waals surface area contributed by atoms with Crippen LogP contribution < -0.4 is 10.4 Å². The van der Waals surface area contributed by atoms with Gasteiger partial charge < -0.3 is 4.12 Å². The predicted octanol–water partition coefficient (Wildman–Crippen LogP) is 3.55. The van der Waals surface area contributed by atoms with Crippen molar-refractivity contribution in [3.05, 3.63) is 42.0 Å². The van der Waals surface area contributed by atoms with Crippen LogP contribution in [0, 0.1) is 6.92 Å². The molecule has 0 amide bonds. The van der Waals surface area contributed by atoms with Gasteiger partial charge in [0.1, 0.15) is 0 Å². The molecule has 1 aliphatic rings. The Kier molecular flexibility index (Phi) is 2.75. The van der Waals surface area contributed by atoms with Crippen LogP contribution in [0.1, 0.15) is 5.56 Å². The molecular weight excluding hydrogens is 302 g/mol. The molecule has 0 aliphatic carbocycles. The fraction of sp³-hybridized carbons (Fsp3) is 0.278. The summed E-state index contributed by atoms with van der Waals surface area (Å²) in [6.45, 7) is 11.5. The molecule has 112 valence electrons. The first-order chi connectivity index (χ1) is 10.3. The maximum Gasteiger partial charge on any atom is 0.206 e. The normalized spacial score (nSPS) is 18.8. The van der Waals surface area contributed by atoms with Crippen LogP contribution in [0.15, 0.2) is 36.4 Å². The Morgan fingerprint density at radius 1 is 0.818 bits per heavy atom. The Balaban J connectivity index is 2.15. The number of hydrogen-bond acceptors (Lipinski definition) is 2. The van der Waals surface area contributed by atoms with Gasteiger partial charge in [0.15, 0.2) is 0 Å². The fourth-order valence-electron chi connectivity index (χ4n) is 3.89. The van der Waals surface area contributed by atoms with Crippen molar-refractivity contribution in [3.8, 4) is 0 Å². The summed E-state index contributed by atoms with van der Waals surface area (Å²) in [5.41, 5.74) is 3.53. The Bertz CT molecular complexity index is 931. The molecular formula is C18H21NOSi2. The van der Waals surface area contributed by atoms with Crippen LogP contribution in [-0.2, 0) is 4.12 Å². The summed E-state index contributed by atoms with van der Waals surface area (Å²) in [7, 11) is -3.55. The number of aryl methyl sites for hydroxylation is 1. The van der Waals surface area contributed by atoms with Crippen LogP contribution in [0.2, 0.25) is 26.2 Å². The summed E-state index contributed by atoms with van der Waals surface area (Å²) >= 11 is 0. The number of nitrogens with zero attached hydrogens (tertiary/aromatic N) is 1. The van der Waals surface area contributed by atoms with Crippen molar-refractivity contribution >= 4 is 48.8 Å². The minimum Gasteiger partial charge on any atom is -0.449 e. The van der Waals surface area contributed by atoms with Gasteiger partial charge in [-0.15, -0.1) is 0 Å². The van der Waals surface area contributed by atoms with E-state index in [1.807, 2.05) is 0 Å². The summed E-state index contributed by atoms with van der Waals surface area (Å²) in [4.78, 5) is 4.91. The minimum atomic E-state index is -1.78. The molecule has 0 unspecified atom stereocenters. The average Bonchev–Trinajstić information content (AvgIpc) is 2.63. The SMILES string of the molecule is Cc1c2ccccc2nc2cc3c(cc12)[Si](C)(C)O[Si]3(C)C. The van der Waals surface area contributed by atoms with Crippen LogP contribution >= 0.6 is 0 Å². The van der Waals surface area contributed by atoms with Gasteiger partial charge in [-0.1, -0.05) is 24.3 Å². The van der Waals surface area contributed by atoms with Crippen molar-refractivity contribution in [3.63, 3.8) is 0 Å². The van der Waals surface area contributed by atoms with E-state index in [4.69, 9.17) is 9.10 Å². The molecule has 0 atom stereocenters. The van der Waals surface area contributed by atoms with E-state index < -0.39 is 16.6 Å². The van der Waals surface area contributed by atoms with Crippen molar-refractivity contribution in [1.82, 2.24) is 4.98 Å². The van der Waals surface area contributed by atoms with Crippen molar-refractivity contribution in [1.29, 1.82) is 0 Å². The molecule has 2 aromatic carbocycles. The molecule has 1 aromatic heterocycles. The van der Waals surface area contributed by atoms with E-state index in [2.05, 4.69) is 69.5 Å². The van der Waals surface area contributed by atoms with E-state index >= 15 is 0 Å². The molecule has 4 heteroatoms. The van der Waals surface area contributed by atoms with E-state index in [-0.39, 0.29) is 0 Å². The zero-order valence-electron chi connectivity index (χ0n) is 13.8. The van der Waals surface area contributed by atoms with E-state index in [0.29, 0.717) is 0 Å². The number of aromatic nitrogens is 1. The number of para-hydroxylation sites is 1. The third-order valence-corrected chi connectivity index (χ3v) is 12.7. The highest BCUT2D eigenvalue weighted by Crippen LogP contribution is 2.28. The Morgan fingerprint density at radius 3 is 2.18 bits per heavy atom. The Hall–Kier alpha value is -1.50. The quantitative estimate of drug-likeness (QED) is 0.466. The Labute approximate surface area is 133 Å². The molecule has 4 rings (SSSR count). The van der Waals surface area contributed by atoms with Crippen LogP contribution in [0.3, 0.4) is 0 Å². The number of fused-ring (bicyclic) bond motifs is 3. The van der Waals surface area contributed by atoms with Crippen molar-refractivity contribution in [2.24, 2.45) is 0 Å². The smallest absolute Gasteiger partial charge is 0.206 e. The van der Waals surface area contributed by atoms with Crippen LogP contribution in [0.5, 0.6) is 0 Å². The standard InChI is InChI=1S/C18H21NOSi2/c1-12-13-8-6-7-9-15(13)19-16-11-18-17(10-14(12)16)21(2,3)20-22(18,4)5/h6-11H,1-5H3. The second kappa shape index (κ2) is 4.28. The molecule has 0 N–H and O–H groups in total. The summed E-state index contributed by atoms with van der Waals surface area (Å²) in [6.07, 6.45) is 0. The van der Waals surface area contributed by atoms with Gasteiger partial charge in [0, 0.05) is 10.8 Å². The number of rotatable bonds is 0. The summed E-state index contributed by atoms with van der Waals surface area (Å²) < 4.78 is 6.57. The van der Waals surface area contributed by atoms with E-state index in [9.17, 15) is 0 Å². The maximum absolute atomic E-state index is 6.57. The average molecular weight is 324 g/mol. The van der Waals surface area contributed by atoms with Crippen molar-refractivity contribution in [2.75, 3.05) is 0 Å². The van der Waals surface area contributed by atoms with Crippen LogP contribution in [-0.4, -0.2) is 21.6 Å². The van der Waals surface area contributed by atoms with Gasteiger partial charge in [-0.25, -0.2) is 4.98 Å². The van der Waals surface area contributed by atoms with Crippen molar-refractivity contribution < 1.29 is 4.12 Å². The molecule has 2 heterocycles. The first-order valence-electron chi connectivity index (χ1n) is 7.84. The monoisotopic (exact) mass is 323 g/mol. The Morgan fingerprint density at radius 2 is 1.45 bits per heavy atom. The van der Waals surface area contributed by atoms with Gasteiger partial charge in [0.05, 0.1) is 11.0 Å². The summed E-state index contributed by atoms with van der Waals surface area (Å²) in [5.74, 6) is 0. The van der Waals surface area contributed by atoms with Gasteiger partial charge in [0.2, 0.25) is 16.6 Å². The lowest BCUT2D eigenvalue weighted by Gasteiger charge is -2.22. The summed E-state index contributed by atoms with van der Waals surface area (Å²) in [5, 5.41) is 5.48. The maximum atomic E-state index is 6.57. The van der Waals surface area contributed by atoms with Crippen LogP contribution in [0.25, 0.3) is 21.8 Å². The highest BCUT2D eigenvalue weighted by Gasteiger charge is 2.46. The van der Waals surface area contributed by atoms with E-state index in [1.165, 1.54) is 26.7 Å². The molecule has 0 saturated carbocycles. The van der Waals surface area contributed by atoms with Gasteiger partial charge in [-0.3, -0.25) is 0 Å². The second-order valence-corrected chi connectivity index (χ2v) is 15.2. The first kappa shape index (κ1) is 14.1.